The monoisotopic (exact) mass is 228 g/mol. The minimum Gasteiger partial charge on any atom is -0.376 e. The number of hydrogen-bond acceptors (Lipinski definition) is 6. The van der Waals surface area contributed by atoms with Gasteiger partial charge in [0.15, 0.2) is 0 Å². The molecule has 1 amide bonds. The lowest BCUT2D eigenvalue weighted by Crippen LogP contribution is -2.40. The van der Waals surface area contributed by atoms with Crippen LogP contribution in [0.25, 0.3) is 0 Å². The molecule has 16 heavy (non-hydrogen) atoms. The largest absolute Gasteiger partial charge is 0.376 e. The second-order valence-electron chi connectivity index (χ2n) is 3.51. The van der Waals surface area contributed by atoms with E-state index in [1.807, 2.05) is 0 Å². The van der Waals surface area contributed by atoms with E-state index in [9.17, 15) is 10.0 Å². The highest BCUT2D eigenvalue weighted by atomic mass is 16.8. The lowest BCUT2D eigenvalue weighted by atomic mass is 10.2. The summed E-state index contributed by atoms with van der Waals surface area (Å²) in [5.74, 6) is -0.830. The Hall–Kier alpha value is -1.83. The van der Waals surface area contributed by atoms with Gasteiger partial charge in [-0.2, -0.15) is 0 Å². The van der Waals surface area contributed by atoms with Crippen LogP contribution in [0.2, 0.25) is 0 Å². The summed E-state index contributed by atoms with van der Waals surface area (Å²) in [6.07, 6.45) is 1.89. The Bertz CT molecular complexity index is 366. The van der Waals surface area contributed by atoms with Crippen molar-refractivity contribution in [3.8, 4) is 0 Å². The summed E-state index contributed by atoms with van der Waals surface area (Å²) < 4.78 is 9.49. The van der Waals surface area contributed by atoms with Crippen LogP contribution in [-0.4, -0.2) is 30.3 Å². The quantitative estimate of drug-likeness (QED) is 0.627. The minimum atomic E-state index is -0.607. The van der Waals surface area contributed by atoms with Crippen LogP contribution in [0.1, 0.15) is 23.3 Å². The Labute approximate surface area is 90.9 Å². The first-order valence-electron chi connectivity index (χ1n) is 4.93. The molecular formula is C8H12N4O4. The van der Waals surface area contributed by atoms with E-state index >= 15 is 0 Å². The van der Waals surface area contributed by atoms with Gasteiger partial charge < -0.3 is 21.0 Å². The van der Waals surface area contributed by atoms with Crippen molar-refractivity contribution in [3.63, 3.8) is 0 Å². The van der Waals surface area contributed by atoms with Gasteiger partial charge in [-0.15, -0.1) is 0 Å². The molecule has 1 unspecified atom stereocenters. The number of amides is 1. The van der Waals surface area contributed by atoms with Gasteiger partial charge in [-0.05, 0) is 17.7 Å². The predicted molar refractivity (Wildman–Crippen MR) is 51.2 cm³/mol. The van der Waals surface area contributed by atoms with Crippen LogP contribution in [0.4, 0.5) is 5.82 Å². The van der Waals surface area contributed by atoms with Gasteiger partial charge in [0.25, 0.3) is 0 Å². The molecule has 8 nitrogen and oxygen atoms in total. The van der Waals surface area contributed by atoms with Crippen LogP contribution in [0, 0.1) is 5.21 Å². The Morgan fingerprint density at radius 2 is 2.56 bits per heavy atom. The van der Waals surface area contributed by atoms with Crippen molar-refractivity contribution in [3.05, 3.63) is 10.9 Å². The lowest BCUT2D eigenvalue weighted by Gasteiger charge is -2.09. The second kappa shape index (κ2) is 4.35. The lowest BCUT2D eigenvalue weighted by molar-refractivity contribution is -0.803. The number of hydrogen-bond donors (Lipinski definition) is 2. The fourth-order valence-electron chi connectivity index (χ4n) is 1.55. The number of nitrogens with two attached hydrogens (primary N) is 1. The normalized spacial score (nSPS) is 19.9. The summed E-state index contributed by atoms with van der Waals surface area (Å²) in [4.78, 5) is 11.5. The minimum absolute atomic E-state index is 0.00476. The first-order chi connectivity index (χ1) is 7.68. The average Bonchev–Trinajstić information content (AvgIpc) is 2.86. The average molecular weight is 228 g/mol. The van der Waals surface area contributed by atoms with Gasteiger partial charge in [0, 0.05) is 13.2 Å². The van der Waals surface area contributed by atoms with E-state index in [0.717, 1.165) is 12.8 Å². The highest BCUT2D eigenvalue weighted by Crippen LogP contribution is 2.11. The van der Waals surface area contributed by atoms with E-state index < -0.39 is 5.91 Å². The van der Waals surface area contributed by atoms with Crippen LogP contribution < -0.4 is 16.0 Å². The van der Waals surface area contributed by atoms with Crippen LogP contribution >= 0.6 is 0 Å². The molecule has 3 N–H and O–H groups in total. The highest BCUT2D eigenvalue weighted by Gasteiger charge is 2.25. The summed E-state index contributed by atoms with van der Waals surface area (Å²) in [7, 11) is 0. The summed E-state index contributed by atoms with van der Waals surface area (Å²) >= 11 is 0. The molecule has 1 aliphatic rings. The van der Waals surface area contributed by atoms with E-state index in [2.05, 4.69) is 15.1 Å². The molecule has 0 bridgehead atoms. The van der Waals surface area contributed by atoms with E-state index in [4.69, 9.17) is 10.5 Å². The molecule has 1 fully saturated rings. The third kappa shape index (κ3) is 2.06. The van der Waals surface area contributed by atoms with Crippen molar-refractivity contribution in [1.29, 1.82) is 0 Å². The fourth-order valence-corrected chi connectivity index (χ4v) is 1.55. The zero-order chi connectivity index (χ0) is 11.5. The van der Waals surface area contributed by atoms with Gasteiger partial charge in [-0.25, -0.2) is 0 Å². The number of nitrogen functional groups attached to an aromatic ring is 1. The molecule has 1 aromatic heterocycles. The van der Waals surface area contributed by atoms with E-state index in [1.165, 1.54) is 0 Å². The zero-order valence-electron chi connectivity index (χ0n) is 8.51. The van der Waals surface area contributed by atoms with Gasteiger partial charge in [0.2, 0.25) is 0 Å². The van der Waals surface area contributed by atoms with Gasteiger partial charge in [0.1, 0.15) is 0 Å². The smallest absolute Gasteiger partial charge is 0.318 e. The number of anilines is 1. The molecule has 2 rings (SSSR count). The van der Waals surface area contributed by atoms with Crippen LogP contribution in [0.5, 0.6) is 0 Å². The maximum atomic E-state index is 11.5. The molecular weight excluding hydrogens is 216 g/mol. The summed E-state index contributed by atoms with van der Waals surface area (Å²) in [6.45, 7) is 1.06. The van der Waals surface area contributed by atoms with Crippen LogP contribution in [0.15, 0.2) is 4.63 Å². The number of carbonyl (C=O) groups is 1. The van der Waals surface area contributed by atoms with Crippen LogP contribution in [-0.2, 0) is 4.74 Å². The molecule has 0 spiro atoms. The zero-order valence-corrected chi connectivity index (χ0v) is 8.51. The first kappa shape index (κ1) is 10.7. The fraction of sp³-hybridized carbons (Fsp3) is 0.625. The SMILES string of the molecule is Nc1no[n+]([O-])c1C(=O)NCC1CCCO1. The Balaban J connectivity index is 1.92. The molecule has 1 atom stereocenters. The predicted octanol–water partition coefficient (Wildman–Crippen LogP) is -1.20. The molecule has 0 aromatic carbocycles. The third-order valence-corrected chi connectivity index (χ3v) is 2.37. The number of carbonyl (C=O) groups excluding carboxylic acids is 1. The van der Waals surface area contributed by atoms with Crippen molar-refractivity contribution in [2.24, 2.45) is 0 Å². The van der Waals surface area contributed by atoms with Gasteiger partial charge >= 0.3 is 17.4 Å². The molecule has 0 saturated carbocycles. The Morgan fingerprint density at radius 1 is 1.75 bits per heavy atom. The maximum absolute atomic E-state index is 11.5. The van der Waals surface area contributed by atoms with Crippen molar-refractivity contribution >= 4 is 11.7 Å². The van der Waals surface area contributed by atoms with E-state index in [-0.39, 0.29) is 22.5 Å². The van der Waals surface area contributed by atoms with Crippen molar-refractivity contribution in [2.45, 2.75) is 18.9 Å². The van der Waals surface area contributed by atoms with Crippen molar-refractivity contribution < 1.29 is 19.1 Å². The molecule has 0 aliphatic carbocycles. The number of aromatic nitrogens is 2. The van der Waals surface area contributed by atoms with E-state index in [0.29, 0.717) is 13.2 Å². The summed E-state index contributed by atoms with van der Waals surface area (Å²) in [5, 5.41) is 16.7. The molecule has 88 valence electrons. The molecule has 1 saturated heterocycles. The van der Waals surface area contributed by atoms with Gasteiger partial charge in [0.05, 0.1) is 11.3 Å². The second-order valence-corrected chi connectivity index (χ2v) is 3.51. The number of ether oxygens (including phenoxy) is 1. The van der Waals surface area contributed by atoms with Gasteiger partial charge in [-0.3, -0.25) is 9.42 Å². The highest BCUT2D eigenvalue weighted by molar-refractivity contribution is 5.94. The van der Waals surface area contributed by atoms with E-state index in [1.54, 1.807) is 0 Å². The maximum Gasteiger partial charge on any atom is 0.318 e. The summed E-state index contributed by atoms with van der Waals surface area (Å²) in [5.41, 5.74) is 4.99. The molecule has 8 heteroatoms. The number of rotatable bonds is 3. The molecule has 0 radical (unpaired) electrons. The molecule has 1 aromatic rings. The summed E-state index contributed by atoms with van der Waals surface area (Å²) in [6, 6.07) is 0. The van der Waals surface area contributed by atoms with Gasteiger partial charge in [-0.1, -0.05) is 0 Å². The third-order valence-electron chi connectivity index (χ3n) is 2.37. The van der Waals surface area contributed by atoms with Crippen molar-refractivity contribution in [2.75, 3.05) is 18.9 Å². The Morgan fingerprint density at radius 3 is 3.12 bits per heavy atom. The number of nitrogens with zero attached hydrogens (tertiary/aromatic N) is 2. The first-order valence-corrected chi connectivity index (χ1v) is 4.93. The topological polar surface area (TPSA) is 117 Å². The van der Waals surface area contributed by atoms with Crippen molar-refractivity contribution in [1.82, 2.24) is 10.5 Å². The standard InChI is InChI=1S/C8H12N4O4/c9-7-6(12(14)16-11-7)8(13)10-4-5-2-1-3-15-5/h5H,1-4H2,(H2,9,11)(H,10,13). The number of nitrogens with one attached hydrogen (secondary N) is 1. The molecule has 1 aliphatic heterocycles. The molecule has 2 heterocycles. The van der Waals surface area contributed by atoms with Crippen LogP contribution in [0.3, 0.4) is 0 Å². The Kier molecular flexibility index (Phi) is 2.91.